The Labute approximate surface area is 96.4 Å². The van der Waals surface area contributed by atoms with Gasteiger partial charge in [-0.3, -0.25) is 4.79 Å². The minimum Gasteiger partial charge on any atom is -0.493 e. The van der Waals surface area contributed by atoms with Gasteiger partial charge in [-0.1, -0.05) is 13.0 Å². The predicted molar refractivity (Wildman–Crippen MR) is 63.3 cm³/mol. The zero-order valence-corrected chi connectivity index (χ0v) is 10.3. The van der Waals surface area contributed by atoms with Gasteiger partial charge in [0.25, 0.3) is 0 Å². The second-order valence-electron chi connectivity index (χ2n) is 3.67. The van der Waals surface area contributed by atoms with Crippen molar-refractivity contribution in [1.29, 1.82) is 0 Å². The van der Waals surface area contributed by atoms with Crippen LogP contribution in [0.1, 0.15) is 25.0 Å². The monoisotopic (exact) mass is 222 g/mol. The minimum absolute atomic E-state index is 0.155. The SMILES string of the molecule is CCc1c(CC(C)=O)ccc(OC)c1OC. The van der Waals surface area contributed by atoms with E-state index in [1.165, 1.54) is 0 Å². The molecule has 3 heteroatoms. The van der Waals surface area contributed by atoms with Gasteiger partial charge in [0.15, 0.2) is 11.5 Å². The first-order valence-corrected chi connectivity index (χ1v) is 5.36. The van der Waals surface area contributed by atoms with Crippen molar-refractivity contribution in [2.24, 2.45) is 0 Å². The number of hydrogen-bond acceptors (Lipinski definition) is 3. The van der Waals surface area contributed by atoms with E-state index in [-0.39, 0.29) is 5.78 Å². The normalized spacial score (nSPS) is 10.0. The molecule has 0 saturated carbocycles. The number of hydrogen-bond donors (Lipinski definition) is 0. The van der Waals surface area contributed by atoms with Gasteiger partial charge in [-0.25, -0.2) is 0 Å². The molecule has 0 aliphatic rings. The molecule has 0 spiro atoms. The van der Waals surface area contributed by atoms with Gasteiger partial charge in [0, 0.05) is 12.0 Å². The lowest BCUT2D eigenvalue weighted by molar-refractivity contribution is -0.116. The average molecular weight is 222 g/mol. The van der Waals surface area contributed by atoms with Gasteiger partial charge in [-0.2, -0.15) is 0 Å². The summed E-state index contributed by atoms with van der Waals surface area (Å²) in [6.45, 7) is 3.64. The van der Waals surface area contributed by atoms with E-state index in [0.29, 0.717) is 12.2 Å². The molecule has 0 unspecified atom stereocenters. The van der Waals surface area contributed by atoms with Crippen LogP contribution in [0.2, 0.25) is 0 Å². The number of rotatable bonds is 5. The Hall–Kier alpha value is -1.51. The number of carbonyl (C=O) groups is 1. The van der Waals surface area contributed by atoms with Gasteiger partial charge in [0.1, 0.15) is 5.78 Å². The molecule has 0 aromatic heterocycles. The maximum atomic E-state index is 11.2. The van der Waals surface area contributed by atoms with E-state index in [0.717, 1.165) is 23.3 Å². The van der Waals surface area contributed by atoms with Gasteiger partial charge in [-0.15, -0.1) is 0 Å². The lowest BCUT2D eigenvalue weighted by Gasteiger charge is -2.15. The number of Topliss-reactive ketones (excluding diaryl/α,β-unsaturated/α-hetero) is 1. The number of methoxy groups -OCH3 is 2. The minimum atomic E-state index is 0.155. The van der Waals surface area contributed by atoms with Crippen molar-refractivity contribution in [3.8, 4) is 11.5 Å². The van der Waals surface area contributed by atoms with Crippen molar-refractivity contribution in [1.82, 2.24) is 0 Å². The molecule has 0 bridgehead atoms. The van der Waals surface area contributed by atoms with E-state index in [9.17, 15) is 4.79 Å². The van der Waals surface area contributed by atoms with Crippen LogP contribution in [-0.4, -0.2) is 20.0 Å². The van der Waals surface area contributed by atoms with Crippen molar-refractivity contribution in [2.45, 2.75) is 26.7 Å². The fraction of sp³-hybridized carbons (Fsp3) is 0.462. The summed E-state index contributed by atoms with van der Waals surface area (Å²) < 4.78 is 10.6. The van der Waals surface area contributed by atoms with Crippen LogP contribution < -0.4 is 9.47 Å². The van der Waals surface area contributed by atoms with Crippen molar-refractivity contribution in [3.05, 3.63) is 23.3 Å². The van der Waals surface area contributed by atoms with Gasteiger partial charge in [0.2, 0.25) is 0 Å². The Morgan fingerprint density at radius 1 is 1.25 bits per heavy atom. The number of benzene rings is 1. The van der Waals surface area contributed by atoms with Crippen LogP contribution in [0.5, 0.6) is 11.5 Å². The quantitative estimate of drug-likeness (QED) is 0.767. The van der Waals surface area contributed by atoms with Crippen molar-refractivity contribution >= 4 is 5.78 Å². The molecule has 1 aromatic rings. The Morgan fingerprint density at radius 2 is 1.94 bits per heavy atom. The molecule has 1 rings (SSSR count). The summed E-state index contributed by atoms with van der Waals surface area (Å²) in [6.07, 6.45) is 1.27. The van der Waals surface area contributed by atoms with Gasteiger partial charge < -0.3 is 9.47 Å². The molecule has 16 heavy (non-hydrogen) atoms. The number of ether oxygens (including phenoxy) is 2. The predicted octanol–water partition coefficient (Wildman–Crippen LogP) is 2.40. The summed E-state index contributed by atoms with van der Waals surface area (Å²) in [7, 11) is 3.23. The molecule has 0 amide bonds. The first kappa shape index (κ1) is 12.6. The van der Waals surface area contributed by atoms with Crippen LogP contribution in [0.4, 0.5) is 0 Å². The van der Waals surface area contributed by atoms with E-state index < -0.39 is 0 Å². The second-order valence-corrected chi connectivity index (χ2v) is 3.67. The molecule has 0 aliphatic carbocycles. The van der Waals surface area contributed by atoms with E-state index in [1.807, 2.05) is 19.1 Å². The Bertz CT molecular complexity index is 383. The molecule has 3 nitrogen and oxygen atoms in total. The van der Waals surface area contributed by atoms with Crippen molar-refractivity contribution in [3.63, 3.8) is 0 Å². The summed E-state index contributed by atoms with van der Waals surface area (Å²) in [4.78, 5) is 11.2. The van der Waals surface area contributed by atoms with Crippen LogP contribution in [0.3, 0.4) is 0 Å². The highest BCUT2D eigenvalue weighted by Gasteiger charge is 2.14. The van der Waals surface area contributed by atoms with Crippen LogP contribution in [0.15, 0.2) is 12.1 Å². The molecule has 0 radical (unpaired) electrons. The van der Waals surface area contributed by atoms with E-state index in [2.05, 4.69) is 0 Å². The summed E-state index contributed by atoms with van der Waals surface area (Å²) in [5.74, 6) is 1.61. The molecule has 0 fully saturated rings. The van der Waals surface area contributed by atoms with Crippen LogP contribution >= 0.6 is 0 Å². The first-order chi connectivity index (χ1) is 7.63. The van der Waals surface area contributed by atoms with Crippen LogP contribution in [0, 0.1) is 0 Å². The highest BCUT2D eigenvalue weighted by atomic mass is 16.5. The molecule has 0 atom stereocenters. The fourth-order valence-electron chi connectivity index (χ4n) is 1.85. The lowest BCUT2D eigenvalue weighted by Crippen LogP contribution is -2.04. The lowest BCUT2D eigenvalue weighted by atomic mass is 9.99. The maximum Gasteiger partial charge on any atom is 0.164 e. The van der Waals surface area contributed by atoms with E-state index in [4.69, 9.17) is 9.47 Å². The smallest absolute Gasteiger partial charge is 0.164 e. The molecule has 0 aliphatic heterocycles. The van der Waals surface area contributed by atoms with Gasteiger partial charge in [-0.05, 0) is 25.0 Å². The summed E-state index contributed by atoms with van der Waals surface area (Å²) >= 11 is 0. The third-order valence-electron chi connectivity index (χ3n) is 2.54. The zero-order chi connectivity index (χ0) is 12.1. The maximum absolute atomic E-state index is 11.2. The average Bonchev–Trinajstić information content (AvgIpc) is 2.27. The van der Waals surface area contributed by atoms with Crippen LogP contribution in [0.25, 0.3) is 0 Å². The van der Waals surface area contributed by atoms with Gasteiger partial charge >= 0.3 is 0 Å². The Balaban J connectivity index is 3.25. The fourth-order valence-corrected chi connectivity index (χ4v) is 1.85. The second kappa shape index (κ2) is 5.54. The van der Waals surface area contributed by atoms with E-state index >= 15 is 0 Å². The topological polar surface area (TPSA) is 35.5 Å². The van der Waals surface area contributed by atoms with Crippen molar-refractivity contribution in [2.75, 3.05) is 14.2 Å². The molecular weight excluding hydrogens is 204 g/mol. The number of carbonyl (C=O) groups excluding carboxylic acids is 1. The van der Waals surface area contributed by atoms with Gasteiger partial charge in [0.05, 0.1) is 14.2 Å². The van der Waals surface area contributed by atoms with E-state index in [1.54, 1.807) is 21.1 Å². The Kier molecular flexibility index (Phi) is 4.35. The third kappa shape index (κ3) is 2.54. The number of ketones is 1. The van der Waals surface area contributed by atoms with Crippen LogP contribution in [-0.2, 0) is 17.6 Å². The Morgan fingerprint density at radius 3 is 2.38 bits per heavy atom. The molecule has 0 N–H and O–H groups in total. The molecule has 88 valence electrons. The molecule has 0 saturated heterocycles. The first-order valence-electron chi connectivity index (χ1n) is 5.36. The summed E-state index contributed by atoms with van der Waals surface area (Å²) in [5.41, 5.74) is 2.07. The standard InChI is InChI=1S/C13H18O3/c1-5-11-10(8-9(2)14)6-7-12(15-3)13(11)16-4/h6-7H,5,8H2,1-4H3. The highest BCUT2D eigenvalue weighted by molar-refractivity contribution is 5.79. The molecule has 1 aromatic carbocycles. The largest absolute Gasteiger partial charge is 0.493 e. The summed E-state index contributed by atoms with van der Waals surface area (Å²) in [6, 6.07) is 3.78. The molecule has 0 heterocycles. The third-order valence-corrected chi connectivity index (χ3v) is 2.54. The van der Waals surface area contributed by atoms with Crippen molar-refractivity contribution < 1.29 is 14.3 Å². The summed E-state index contributed by atoms with van der Waals surface area (Å²) in [5, 5.41) is 0. The molecular formula is C13H18O3. The highest BCUT2D eigenvalue weighted by Crippen LogP contribution is 2.34. The zero-order valence-electron chi connectivity index (χ0n) is 10.3.